The molecule has 0 saturated carbocycles. The molecule has 1 atom stereocenters. The summed E-state index contributed by atoms with van der Waals surface area (Å²) in [5, 5.41) is 10.9. The van der Waals surface area contributed by atoms with Gasteiger partial charge in [-0.1, -0.05) is 0 Å². The maximum absolute atomic E-state index is 11.3. The fraction of sp³-hybridized carbons (Fsp3) is 0.545. The molecule has 0 aliphatic carbocycles. The predicted molar refractivity (Wildman–Crippen MR) is 58.9 cm³/mol. The standard InChI is InChI=1S/C11H15NO5/c1-3-5-8(11(15)16)12-9(13)6-7-10(14)17-4-2/h1,8H,4-7H2,2H3,(H,12,13)(H,15,16)/t8-/m0/s1. The van der Waals surface area contributed by atoms with E-state index in [4.69, 9.17) is 11.5 Å². The molecule has 1 amide bonds. The summed E-state index contributed by atoms with van der Waals surface area (Å²) in [6, 6.07) is -1.12. The highest BCUT2D eigenvalue weighted by Gasteiger charge is 2.19. The van der Waals surface area contributed by atoms with Crippen molar-refractivity contribution in [2.75, 3.05) is 6.61 Å². The second-order valence-corrected chi connectivity index (χ2v) is 3.17. The lowest BCUT2D eigenvalue weighted by Gasteiger charge is -2.11. The Morgan fingerprint density at radius 2 is 2.06 bits per heavy atom. The van der Waals surface area contributed by atoms with Gasteiger partial charge in [0.15, 0.2) is 0 Å². The molecular formula is C11H15NO5. The second-order valence-electron chi connectivity index (χ2n) is 3.17. The van der Waals surface area contributed by atoms with Crippen LogP contribution in [0.1, 0.15) is 26.2 Å². The van der Waals surface area contributed by atoms with Crippen LogP contribution in [0.4, 0.5) is 0 Å². The minimum Gasteiger partial charge on any atom is -0.480 e. The Kier molecular flexibility index (Phi) is 7.19. The van der Waals surface area contributed by atoms with Gasteiger partial charge in [-0.15, -0.1) is 12.3 Å². The van der Waals surface area contributed by atoms with Gasteiger partial charge in [-0.2, -0.15) is 0 Å². The number of rotatable bonds is 7. The summed E-state index contributed by atoms with van der Waals surface area (Å²) >= 11 is 0. The molecule has 0 aliphatic rings. The molecule has 0 radical (unpaired) electrons. The van der Waals surface area contributed by atoms with E-state index in [0.717, 1.165) is 0 Å². The lowest BCUT2D eigenvalue weighted by Crippen LogP contribution is -2.40. The fourth-order valence-electron chi connectivity index (χ4n) is 1.03. The van der Waals surface area contributed by atoms with Crippen molar-refractivity contribution in [3.05, 3.63) is 0 Å². The number of terminal acetylenes is 1. The number of aliphatic carboxylic acids is 1. The highest BCUT2D eigenvalue weighted by Crippen LogP contribution is 1.96. The maximum atomic E-state index is 11.3. The van der Waals surface area contributed by atoms with Crippen LogP contribution >= 0.6 is 0 Å². The second kappa shape index (κ2) is 8.16. The van der Waals surface area contributed by atoms with E-state index in [1.807, 2.05) is 0 Å². The average molecular weight is 241 g/mol. The number of carboxylic acid groups (broad SMARTS) is 1. The summed E-state index contributed by atoms with van der Waals surface area (Å²) in [6.45, 7) is 1.90. The van der Waals surface area contributed by atoms with Crippen molar-refractivity contribution in [1.82, 2.24) is 5.32 Å². The molecule has 94 valence electrons. The van der Waals surface area contributed by atoms with Crippen molar-refractivity contribution < 1.29 is 24.2 Å². The summed E-state index contributed by atoms with van der Waals surface area (Å²) in [5.41, 5.74) is 0. The van der Waals surface area contributed by atoms with Crippen molar-refractivity contribution in [2.45, 2.75) is 32.2 Å². The Bertz CT molecular complexity index is 331. The highest BCUT2D eigenvalue weighted by molar-refractivity contribution is 5.85. The number of carbonyl (C=O) groups excluding carboxylic acids is 2. The Labute approximate surface area is 99.3 Å². The largest absolute Gasteiger partial charge is 0.480 e. The molecule has 0 aromatic carbocycles. The van der Waals surface area contributed by atoms with E-state index in [0.29, 0.717) is 0 Å². The third kappa shape index (κ3) is 6.95. The van der Waals surface area contributed by atoms with E-state index in [-0.39, 0.29) is 25.9 Å². The molecule has 0 spiro atoms. The first kappa shape index (κ1) is 15.0. The average Bonchev–Trinajstić information content (AvgIpc) is 2.26. The normalized spacial score (nSPS) is 11.1. The van der Waals surface area contributed by atoms with Gasteiger partial charge < -0.3 is 15.2 Å². The quantitative estimate of drug-likeness (QED) is 0.480. The van der Waals surface area contributed by atoms with Gasteiger partial charge in [-0.05, 0) is 6.92 Å². The number of amides is 1. The van der Waals surface area contributed by atoms with Crippen LogP contribution < -0.4 is 5.32 Å². The zero-order valence-electron chi connectivity index (χ0n) is 9.56. The summed E-state index contributed by atoms with van der Waals surface area (Å²) in [7, 11) is 0. The SMILES string of the molecule is C#CC[C@H](NC(=O)CCC(=O)OCC)C(=O)O. The molecule has 6 nitrogen and oxygen atoms in total. The van der Waals surface area contributed by atoms with Gasteiger partial charge in [0.1, 0.15) is 6.04 Å². The smallest absolute Gasteiger partial charge is 0.327 e. The molecule has 2 N–H and O–H groups in total. The first-order valence-corrected chi connectivity index (χ1v) is 5.12. The number of carboxylic acids is 1. The Morgan fingerprint density at radius 1 is 1.41 bits per heavy atom. The molecule has 0 aromatic rings. The molecule has 0 heterocycles. The van der Waals surface area contributed by atoms with Crippen LogP contribution in [0.5, 0.6) is 0 Å². The van der Waals surface area contributed by atoms with E-state index in [1.54, 1.807) is 6.92 Å². The molecule has 6 heteroatoms. The molecule has 0 fully saturated rings. The van der Waals surface area contributed by atoms with Crippen molar-refractivity contribution >= 4 is 17.8 Å². The third-order valence-corrected chi connectivity index (χ3v) is 1.82. The number of carbonyl (C=O) groups is 3. The van der Waals surface area contributed by atoms with Crippen molar-refractivity contribution in [1.29, 1.82) is 0 Å². The van der Waals surface area contributed by atoms with E-state index in [2.05, 4.69) is 16.0 Å². The summed E-state index contributed by atoms with van der Waals surface area (Å²) in [6.07, 6.45) is 4.67. The Morgan fingerprint density at radius 3 is 2.53 bits per heavy atom. The minimum absolute atomic E-state index is 0.0813. The van der Waals surface area contributed by atoms with E-state index >= 15 is 0 Å². The van der Waals surface area contributed by atoms with Crippen LogP contribution in [0.2, 0.25) is 0 Å². The minimum atomic E-state index is -1.20. The van der Waals surface area contributed by atoms with Gasteiger partial charge >= 0.3 is 11.9 Å². The predicted octanol–water partition coefficient (Wildman–Crippen LogP) is -0.0776. The van der Waals surface area contributed by atoms with Gasteiger partial charge in [-0.3, -0.25) is 9.59 Å². The van der Waals surface area contributed by atoms with Crippen molar-refractivity contribution in [3.63, 3.8) is 0 Å². The number of hydrogen-bond donors (Lipinski definition) is 2. The first-order valence-electron chi connectivity index (χ1n) is 5.12. The molecule has 0 rings (SSSR count). The van der Waals surface area contributed by atoms with Crippen LogP contribution in [0.25, 0.3) is 0 Å². The first-order chi connectivity index (χ1) is 8.01. The number of esters is 1. The molecular weight excluding hydrogens is 226 g/mol. The number of hydrogen-bond acceptors (Lipinski definition) is 4. The molecule has 0 aliphatic heterocycles. The van der Waals surface area contributed by atoms with Crippen molar-refractivity contribution in [3.8, 4) is 12.3 Å². The van der Waals surface area contributed by atoms with Crippen LogP contribution in [-0.2, 0) is 19.1 Å². The van der Waals surface area contributed by atoms with E-state index in [1.165, 1.54) is 0 Å². The lowest BCUT2D eigenvalue weighted by molar-refractivity contribution is -0.144. The third-order valence-electron chi connectivity index (χ3n) is 1.82. The lowest BCUT2D eigenvalue weighted by atomic mass is 10.2. The van der Waals surface area contributed by atoms with Crippen molar-refractivity contribution in [2.24, 2.45) is 0 Å². The van der Waals surface area contributed by atoms with Gasteiger partial charge in [0.05, 0.1) is 13.0 Å². The van der Waals surface area contributed by atoms with E-state index in [9.17, 15) is 14.4 Å². The Balaban J connectivity index is 4.03. The number of nitrogens with one attached hydrogen (secondary N) is 1. The summed E-state index contributed by atoms with van der Waals surface area (Å²) < 4.78 is 4.62. The van der Waals surface area contributed by atoms with Gasteiger partial charge in [0, 0.05) is 12.8 Å². The van der Waals surface area contributed by atoms with Gasteiger partial charge in [-0.25, -0.2) is 4.79 Å². The Hall–Kier alpha value is -2.03. The zero-order valence-corrected chi connectivity index (χ0v) is 9.56. The van der Waals surface area contributed by atoms with Gasteiger partial charge in [0.25, 0.3) is 0 Å². The van der Waals surface area contributed by atoms with Crippen LogP contribution in [0.3, 0.4) is 0 Å². The van der Waals surface area contributed by atoms with Crippen LogP contribution in [-0.4, -0.2) is 35.6 Å². The monoisotopic (exact) mass is 241 g/mol. The summed E-state index contributed by atoms with van der Waals surface area (Å²) in [4.78, 5) is 32.9. The van der Waals surface area contributed by atoms with Gasteiger partial charge in [0.2, 0.25) is 5.91 Å². The summed E-state index contributed by atoms with van der Waals surface area (Å²) in [5.74, 6) is -0.0840. The molecule has 17 heavy (non-hydrogen) atoms. The highest BCUT2D eigenvalue weighted by atomic mass is 16.5. The van der Waals surface area contributed by atoms with Crippen LogP contribution in [0, 0.1) is 12.3 Å². The molecule has 0 unspecified atom stereocenters. The van der Waals surface area contributed by atoms with E-state index < -0.39 is 23.9 Å². The molecule has 0 aromatic heterocycles. The zero-order chi connectivity index (χ0) is 13.3. The maximum Gasteiger partial charge on any atom is 0.327 e. The number of ether oxygens (including phenoxy) is 1. The molecule has 0 saturated heterocycles. The fourth-order valence-corrected chi connectivity index (χ4v) is 1.03. The topological polar surface area (TPSA) is 92.7 Å². The van der Waals surface area contributed by atoms with Crippen LogP contribution in [0.15, 0.2) is 0 Å². The molecule has 0 bridgehead atoms.